The molecule has 34 heavy (non-hydrogen) atoms. The van der Waals surface area contributed by atoms with Crippen LogP contribution in [0.1, 0.15) is 11.4 Å². The molecule has 0 aromatic carbocycles. The number of piperazine rings is 2. The molecule has 0 N–H and O–H groups in total. The first-order valence-electron chi connectivity index (χ1n) is 10.6. The van der Waals surface area contributed by atoms with Crippen LogP contribution in [0.15, 0.2) is 36.4 Å². The van der Waals surface area contributed by atoms with Crippen molar-refractivity contribution in [2.45, 2.75) is 12.4 Å². The van der Waals surface area contributed by atoms with E-state index in [0.717, 1.165) is 12.1 Å². The van der Waals surface area contributed by atoms with Crippen LogP contribution in [-0.4, -0.2) is 78.2 Å². The number of halogens is 6. The monoisotopic (exact) mass is 488 g/mol. The molecule has 184 valence electrons. The van der Waals surface area contributed by atoms with E-state index in [-0.39, 0.29) is 17.7 Å². The highest BCUT2D eigenvalue weighted by Crippen LogP contribution is 2.30. The van der Waals surface area contributed by atoms with E-state index >= 15 is 0 Å². The minimum atomic E-state index is -4.53. The number of rotatable bonds is 2. The van der Waals surface area contributed by atoms with Crippen molar-refractivity contribution < 1.29 is 31.1 Å². The van der Waals surface area contributed by atoms with Crippen molar-refractivity contribution in [3.8, 4) is 0 Å². The fourth-order valence-corrected chi connectivity index (χ4v) is 3.97. The number of urea groups is 1. The molecule has 2 aromatic rings. The lowest BCUT2D eigenvalue weighted by Crippen LogP contribution is -2.57. The maximum absolute atomic E-state index is 12.9. The van der Waals surface area contributed by atoms with Gasteiger partial charge in [0.25, 0.3) is 0 Å². The van der Waals surface area contributed by atoms with E-state index in [1.165, 1.54) is 24.3 Å². The molecular weight excluding hydrogens is 466 g/mol. The first kappa shape index (κ1) is 23.9. The molecule has 4 rings (SSSR count). The quantitative estimate of drug-likeness (QED) is 0.605. The Balaban J connectivity index is 1.30. The molecule has 2 aliphatic heterocycles. The van der Waals surface area contributed by atoms with Gasteiger partial charge < -0.3 is 19.6 Å². The van der Waals surface area contributed by atoms with Crippen molar-refractivity contribution >= 4 is 17.7 Å². The third kappa shape index (κ3) is 5.28. The van der Waals surface area contributed by atoms with Crippen LogP contribution in [-0.2, 0) is 12.4 Å². The zero-order valence-corrected chi connectivity index (χ0v) is 18.0. The number of carbonyl (C=O) groups is 1. The molecule has 2 aliphatic rings. The minimum Gasteiger partial charge on any atom is -0.353 e. The van der Waals surface area contributed by atoms with Crippen LogP contribution in [0.4, 0.5) is 42.8 Å². The minimum absolute atomic E-state index is 0.201. The average molecular weight is 488 g/mol. The zero-order valence-electron chi connectivity index (χ0n) is 18.0. The summed E-state index contributed by atoms with van der Waals surface area (Å²) in [6.45, 7) is 2.67. The van der Waals surface area contributed by atoms with Gasteiger partial charge in [-0.3, -0.25) is 0 Å². The van der Waals surface area contributed by atoms with Crippen LogP contribution in [0.3, 0.4) is 0 Å². The summed E-state index contributed by atoms with van der Waals surface area (Å²) >= 11 is 0. The van der Waals surface area contributed by atoms with Crippen molar-refractivity contribution in [3.63, 3.8) is 0 Å². The molecule has 0 bridgehead atoms. The number of amides is 2. The summed E-state index contributed by atoms with van der Waals surface area (Å²) in [4.78, 5) is 26.9. The number of alkyl halides is 6. The number of carbonyl (C=O) groups excluding carboxylic acids is 1. The second-order valence-electron chi connectivity index (χ2n) is 7.99. The highest BCUT2D eigenvalue weighted by molar-refractivity contribution is 5.75. The lowest BCUT2D eigenvalue weighted by atomic mass is 10.2. The summed E-state index contributed by atoms with van der Waals surface area (Å²) in [6.07, 6.45) is -9.06. The number of nitrogens with zero attached hydrogens (tertiary/aromatic N) is 6. The molecule has 0 saturated carbocycles. The molecule has 2 aromatic heterocycles. The van der Waals surface area contributed by atoms with E-state index in [2.05, 4.69) is 9.97 Å². The normalized spacial score (nSPS) is 17.8. The summed E-state index contributed by atoms with van der Waals surface area (Å²) in [5.74, 6) is 0.424. The van der Waals surface area contributed by atoms with Crippen molar-refractivity contribution in [2.75, 3.05) is 62.2 Å². The van der Waals surface area contributed by atoms with Gasteiger partial charge in [-0.1, -0.05) is 12.1 Å². The van der Waals surface area contributed by atoms with Crippen LogP contribution in [0, 0.1) is 0 Å². The Labute approximate surface area is 191 Å². The molecule has 0 aliphatic carbocycles. The van der Waals surface area contributed by atoms with Crippen LogP contribution < -0.4 is 9.80 Å². The maximum Gasteiger partial charge on any atom is 0.433 e. The Kier molecular flexibility index (Phi) is 6.45. The largest absolute Gasteiger partial charge is 0.433 e. The molecule has 13 heteroatoms. The Morgan fingerprint density at radius 1 is 0.618 bits per heavy atom. The zero-order chi connectivity index (χ0) is 24.5. The Morgan fingerprint density at radius 3 is 1.29 bits per heavy atom. The number of pyridine rings is 2. The van der Waals surface area contributed by atoms with E-state index < -0.39 is 23.7 Å². The van der Waals surface area contributed by atoms with Gasteiger partial charge in [-0.25, -0.2) is 14.8 Å². The van der Waals surface area contributed by atoms with Crippen LogP contribution >= 0.6 is 0 Å². The van der Waals surface area contributed by atoms with Crippen molar-refractivity contribution in [1.82, 2.24) is 19.8 Å². The van der Waals surface area contributed by atoms with Gasteiger partial charge in [0, 0.05) is 52.4 Å². The fraction of sp³-hybridized carbons (Fsp3) is 0.476. The van der Waals surface area contributed by atoms with Gasteiger partial charge in [0.05, 0.1) is 0 Å². The lowest BCUT2D eigenvalue weighted by molar-refractivity contribution is -0.141. The SMILES string of the molecule is O=C(N1CCN(c2cccc(C(F)(F)F)n2)CC1)N1CCN(c2cccc(C(F)(F)F)n2)CC1. The van der Waals surface area contributed by atoms with Crippen molar-refractivity contribution in [2.24, 2.45) is 0 Å². The van der Waals surface area contributed by atoms with Gasteiger partial charge in [-0.05, 0) is 24.3 Å². The van der Waals surface area contributed by atoms with Gasteiger partial charge >= 0.3 is 18.4 Å². The first-order chi connectivity index (χ1) is 16.0. The third-order valence-corrected chi connectivity index (χ3v) is 5.80. The van der Waals surface area contributed by atoms with Crippen LogP contribution in [0.2, 0.25) is 0 Å². The third-order valence-electron chi connectivity index (χ3n) is 5.80. The second kappa shape index (κ2) is 9.18. The van der Waals surface area contributed by atoms with Crippen LogP contribution in [0.5, 0.6) is 0 Å². The van der Waals surface area contributed by atoms with Gasteiger partial charge in [-0.2, -0.15) is 26.3 Å². The molecule has 4 heterocycles. The fourth-order valence-electron chi connectivity index (χ4n) is 3.97. The highest BCUT2D eigenvalue weighted by Gasteiger charge is 2.35. The summed E-state index contributed by atoms with van der Waals surface area (Å²) in [6, 6.07) is 7.26. The molecule has 0 spiro atoms. The van der Waals surface area contributed by atoms with Gasteiger partial charge in [0.2, 0.25) is 0 Å². The number of aromatic nitrogens is 2. The highest BCUT2D eigenvalue weighted by atomic mass is 19.4. The Hall–Kier alpha value is -3.25. The van der Waals surface area contributed by atoms with Crippen molar-refractivity contribution in [1.29, 1.82) is 0 Å². The number of hydrogen-bond acceptors (Lipinski definition) is 5. The average Bonchev–Trinajstić information content (AvgIpc) is 2.83. The molecule has 0 unspecified atom stereocenters. The smallest absolute Gasteiger partial charge is 0.353 e. The van der Waals surface area contributed by atoms with E-state index in [1.807, 2.05) is 0 Å². The summed E-state index contributed by atoms with van der Waals surface area (Å²) < 4.78 is 77.5. The van der Waals surface area contributed by atoms with E-state index in [1.54, 1.807) is 19.6 Å². The molecule has 2 amide bonds. The molecule has 0 radical (unpaired) electrons. The summed E-state index contributed by atoms with van der Waals surface area (Å²) in [5.41, 5.74) is -1.92. The Morgan fingerprint density at radius 2 is 0.971 bits per heavy atom. The maximum atomic E-state index is 12.9. The van der Waals surface area contributed by atoms with Crippen molar-refractivity contribution in [3.05, 3.63) is 47.8 Å². The van der Waals surface area contributed by atoms with Gasteiger partial charge in [-0.15, -0.1) is 0 Å². The summed E-state index contributed by atoms with van der Waals surface area (Å²) in [7, 11) is 0. The molecule has 0 atom stereocenters. The van der Waals surface area contributed by atoms with Gasteiger partial charge in [0.1, 0.15) is 23.0 Å². The summed E-state index contributed by atoms with van der Waals surface area (Å²) in [5, 5.41) is 0. The molecular formula is C21H22F6N6O. The first-order valence-corrected chi connectivity index (χ1v) is 10.6. The number of anilines is 2. The van der Waals surface area contributed by atoms with Gasteiger partial charge in [0.15, 0.2) is 0 Å². The molecule has 2 fully saturated rings. The van der Waals surface area contributed by atoms with E-state index in [4.69, 9.17) is 0 Å². The topological polar surface area (TPSA) is 55.8 Å². The second-order valence-corrected chi connectivity index (χ2v) is 7.99. The Bertz CT molecular complexity index is 934. The standard InChI is InChI=1S/C21H22F6N6O/c22-20(23,24)15-3-1-5-17(28-15)30-7-11-32(12-8-30)19(34)33-13-9-31(10-14-33)18-6-2-4-16(29-18)21(25,26)27/h1-6H,7-14H2. The predicted molar refractivity (Wildman–Crippen MR) is 111 cm³/mol. The molecule has 2 saturated heterocycles. The van der Waals surface area contributed by atoms with E-state index in [9.17, 15) is 31.1 Å². The molecule has 7 nitrogen and oxygen atoms in total. The predicted octanol–water partition coefficient (Wildman–Crippen LogP) is 3.58. The van der Waals surface area contributed by atoms with Crippen LogP contribution in [0.25, 0.3) is 0 Å². The van der Waals surface area contributed by atoms with E-state index in [0.29, 0.717) is 52.4 Å². The number of hydrogen-bond donors (Lipinski definition) is 0. The lowest BCUT2D eigenvalue weighted by Gasteiger charge is -2.41.